The minimum atomic E-state index is -3.18. The summed E-state index contributed by atoms with van der Waals surface area (Å²) < 4.78 is 26.0. The van der Waals surface area contributed by atoms with Gasteiger partial charge >= 0.3 is 0 Å². The topological polar surface area (TPSA) is 34.1 Å². The fourth-order valence-corrected chi connectivity index (χ4v) is 9.18. The molecule has 0 heterocycles. The van der Waals surface area contributed by atoms with Crippen LogP contribution in [0.25, 0.3) is 0 Å². The van der Waals surface area contributed by atoms with E-state index in [1.54, 1.807) is 0 Å². The Morgan fingerprint density at radius 1 is 0.302 bits per heavy atom. The maximum atomic E-state index is 13.6. The fourth-order valence-electron chi connectivity index (χ4n) is 6.86. The molecule has 0 bridgehead atoms. The highest BCUT2D eigenvalue weighted by molar-refractivity contribution is 7.94. The van der Waals surface area contributed by atoms with Crippen LogP contribution < -0.4 is 0 Å². The van der Waals surface area contributed by atoms with Crippen molar-refractivity contribution in [2.45, 2.75) is 257 Å². The summed E-state index contributed by atoms with van der Waals surface area (Å²) in [5.74, 6) is 0. The highest BCUT2D eigenvalue weighted by Gasteiger charge is 2.44. The zero-order chi connectivity index (χ0) is 32.1. The molecule has 0 rings (SSSR count). The Morgan fingerprint density at radius 2 is 0.465 bits per heavy atom. The van der Waals surface area contributed by atoms with Crippen LogP contribution in [-0.4, -0.2) is 17.9 Å². The number of hydrogen-bond acceptors (Lipinski definition) is 2. The summed E-state index contributed by atoms with van der Waals surface area (Å²) in [6, 6.07) is 0. The van der Waals surface area contributed by atoms with E-state index in [0.717, 1.165) is 25.7 Å². The molecule has 0 aliphatic rings. The minimum absolute atomic E-state index is 0.622. The average molecular weight is 627 g/mol. The monoisotopic (exact) mass is 627 g/mol. The first kappa shape index (κ1) is 43.0. The SMILES string of the molecule is CCCCCCCCCCCCCCCCCC(C)(C)S(=O)(=O)C(C)(C)CCCCCCCCCCCCCCCCC. The number of rotatable bonds is 34. The Kier molecular flexibility index (Phi) is 28.2. The molecule has 0 aromatic carbocycles. The number of sulfone groups is 1. The van der Waals surface area contributed by atoms with Crippen molar-refractivity contribution in [1.29, 1.82) is 0 Å². The maximum Gasteiger partial charge on any atom is 0.160 e. The quantitative estimate of drug-likeness (QED) is 0.0666. The van der Waals surface area contributed by atoms with E-state index in [2.05, 4.69) is 13.8 Å². The number of unbranched alkanes of at least 4 members (excludes halogenated alkanes) is 28. The summed E-state index contributed by atoms with van der Waals surface area (Å²) in [7, 11) is -3.18. The zero-order valence-electron chi connectivity index (χ0n) is 30.9. The van der Waals surface area contributed by atoms with Crippen LogP contribution in [0.5, 0.6) is 0 Å². The fraction of sp³-hybridized carbons (Fsp3) is 1.00. The highest BCUT2D eigenvalue weighted by Crippen LogP contribution is 2.36. The Bertz CT molecular complexity index is 627. The molecule has 0 aromatic heterocycles. The molecule has 0 aliphatic carbocycles. The second-order valence-electron chi connectivity index (χ2n) is 15.4. The Hall–Kier alpha value is -0.0500. The molecule has 0 amide bonds. The molecular weight excluding hydrogens is 545 g/mol. The van der Waals surface area contributed by atoms with E-state index in [-0.39, 0.29) is 0 Å². The molecule has 260 valence electrons. The molecule has 43 heavy (non-hydrogen) atoms. The van der Waals surface area contributed by atoms with E-state index in [1.807, 2.05) is 27.7 Å². The van der Waals surface area contributed by atoms with Crippen molar-refractivity contribution in [3.63, 3.8) is 0 Å². The van der Waals surface area contributed by atoms with Gasteiger partial charge in [0.15, 0.2) is 9.84 Å². The van der Waals surface area contributed by atoms with Crippen molar-refractivity contribution >= 4 is 9.84 Å². The van der Waals surface area contributed by atoms with E-state index >= 15 is 0 Å². The van der Waals surface area contributed by atoms with Crippen molar-refractivity contribution in [2.75, 3.05) is 0 Å². The van der Waals surface area contributed by atoms with Crippen LogP contribution in [0.3, 0.4) is 0 Å². The van der Waals surface area contributed by atoms with Crippen molar-refractivity contribution in [1.82, 2.24) is 0 Å². The smallest absolute Gasteiger partial charge is 0.160 e. The molecule has 0 aliphatic heterocycles. The van der Waals surface area contributed by atoms with Crippen LogP contribution in [0.2, 0.25) is 0 Å². The molecule has 0 atom stereocenters. The van der Waals surface area contributed by atoms with Gasteiger partial charge in [0.1, 0.15) is 0 Å². The normalized spacial score (nSPS) is 12.8. The lowest BCUT2D eigenvalue weighted by atomic mass is 10.0. The van der Waals surface area contributed by atoms with Crippen LogP contribution >= 0.6 is 0 Å². The first-order valence-corrected chi connectivity index (χ1v) is 21.3. The molecule has 0 unspecified atom stereocenters. The predicted molar refractivity (Wildman–Crippen MR) is 196 cm³/mol. The molecule has 0 spiro atoms. The highest BCUT2D eigenvalue weighted by atomic mass is 32.2. The van der Waals surface area contributed by atoms with Gasteiger partial charge in [0.2, 0.25) is 0 Å². The summed E-state index contributed by atoms with van der Waals surface area (Å²) in [6.45, 7) is 12.5. The third-order valence-electron chi connectivity index (χ3n) is 10.2. The lowest BCUT2D eigenvalue weighted by molar-refractivity contribution is 0.450. The standard InChI is InChI=1S/C40H82O2S/c1-7-9-11-13-15-17-19-21-23-25-27-29-31-33-35-37-39(3,4)43(41,42)40(5,6)38-36-34-32-30-28-26-24-22-20-18-16-14-12-10-8-2/h7-38H2,1-6H3. The molecule has 0 fully saturated rings. The minimum Gasteiger partial charge on any atom is -0.228 e. The molecular formula is C40H82O2S. The molecule has 0 saturated carbocycles. The van der Waals surface area contributed by atoms with Gasteiger partial charge in [-0.1, -0.05) is 206 Å². The maximum absolute atomic E-state index is 13.6. The third-order valence-corrected chi connectivity index (χ3v) is 13.5. The van der Waals surface area contributed by atoms with Crippen molar-refractivity contribution in [3.8, 4) is 0 Å². The molecule has 0 radical (unpaired) electrons. The lowest BCUT2D eigenvalue weighted by Gasteiger charge is -2.35. The van der Waals surface area contributed by atoms with E-state index in [4.69, 9.17) is 0 Å². The second-order valence-corrected chi connectivity index (χ2v) is 18.6. The van der Waals surface area contributed by atoms with Gasteiger partial charge in [-0.25, -0.2) is 8.42 Å². The molecule has 2 nitrogen and oxygen atoms in total. The van der Waals surface area contributed by atoms with Gasteiger partial charge in [-0.2, -0.15) is 0 Å². The van der Waals surface area contributed by atoms with Gasteiger partial charge in [0, 0.05) is 0 Å². The summed E-state index contributed by atoms with van der Waals surface area (Å²) in [5, 5.41) is 0. The molecule has 0 aromatic rings. The summed E-state index contributed by atoms with van der Waals surface area (Å²) in [6.07, 6.45) is 42.1. The Balaban J connectivity index is 3.83. The summed E-state index contributed by atoms with van der Waals surface area (Å²) >= 11 is 0. The van der Waals surface area contributed by atoms with Gasteiger partial charge in [-0.05, 0) is 40.5 Å². The first-order chi connectivity index (χ1) is 20.6. The van der Waals surface area contributed by atoms with Gasteiger partial charge in [0.05, 0.1) is 9.49 Å². The van der Waals surface area contributed by atoms with E-state index in [9.17, 15) is 8.42 Å². The first-order valence-electron chi connectivity index (χ1n) is 19.9. The summed E-state index contributed by atoms with van der Waals surface area (Å²) in [4.78, 5) is 0. The third kappa shape index (κ3) is 23.0. The van der Waals surface area contributed by atoms with Crippen LogP contribution in [0.15, 0.2) is 0 Å². The van der Waals surface area contributed by atoms with Crippen LogP contribution in [0, 0.1) is 0 Å². The average Bonchev–Trinajstić information content (AvgIpc) is 2.96. The van der Waals surface area contributed by atoms with Gasteiger partial charge in [-0.15, -0.1) is 0 Å². The number of hydrogen-bond donors (Lipinski definition) is 0. The van der Waals surface area contributed by atoms with Crippen LogP contribution in [0.1, 0.15) is 247 Å². The molecule has 3 heteroatoms. The van der Waals surface area contributed by atoms with Gasteiger partial charge in [0.25, 0.3) is 0 Å². The van der Waals surface area contributed by atoms with Crippen molar-refractivity contribution in [3.05, 3.63) is 0 Å². The predicted octanol–water partition coefficient (Wildman–Crippen LogP) is 14.5. The van der Waals surface area contributed by atoms with Crippen molar-refractivity contribution in [2.24, 2.45) is 0 Å². The second kappa shape index (κ2) is 28.2. The lowest BCUT2D eigenvalue weighted by Crippen LogP contribution is -2.45. The molecule has 0 N–H and O–H groups in total. The van der Waals surface area contributed by atoms with E-state index < -0.39 is 19.3 Å². The Morgan fingerprint density at radius 3 is 0.651 bits per heavy atom. The van der Waals surface area contributed by atoms with Gasteiger partial charge in [-0.3, -0.25) is 0 Å². The summed E-state index contributed by atoms with van der Waals surface area (Å²) in [5.41, 5.74) is 0. The molecule has 0 saturated heterocycles. The van der Waals surface area contributed by atoms with E-state index in [1.165, 1.54) is 180 Å². The van der Waals surface area contributed by atoms with Crippen molar-refractivity contribution < 1.29 is 8.42 Å². The zero-order valence-corrected chi connectivity index (χ0v) is 31.7. The van der Waals surface area contributed by atoms with Gasteiger partial charge < -0.3 is 0 Å². The van der Waals surface area contributed by atoms with E-state index in [0.29, 0.717) is 0 Å². The largest absolute Gasteiger partial charge is 0.228 e. The van der Waals surface area contributed by atoms with Crippen LogP contribution in [-0.2, 0) is 9.84 Å². The van der Waals surface area contributed by atoms with Crippen LogP contribution in [0.4, 0.5) is 0 Å². The Labute approximate surface area is 274 Å².